The molecule has 0 aliphatic heterocycles. The fourth-order valence-electron chi connectivity index (χ4n) is 1.20. The van der Waals surface area contributed by atoms with Crippen molar-refractivity contribution in [2.45, 2.75) is 13.3 Å². The van der Waals surface area contributed by atoms with E-state index in [1.54, 1.807) is 0 Å². The maximum absolute atomic E-state index is 5.52. The molecule has 0 aromatic heterocycles. The molecule has 1 rings (SSSR count). The first-order valence-corrected chi connectivity index (χ1v) is 5.38. The van der Waals surface area contributed by atoms with Crippen molar-refractivity contribution >= 4 is 17.3 Å². The highest BCUT2D eigenvalue weighted by molar-refractivity contribution is 7.80. The Kier molecular flexibility index (Phi) is 4.90. The molecule has 82 valence electrons. The zero-order chi connectivity index (χ0) is 11.1. The van der Waals surface area contributed by atoms with Crippen LogP contribution < -0.4 is 15.8 Å². The zero-order valence-corrected chi connectivity index (χ0v) is 9.64. The average Bonchev–Trinajstić information content (AvgIpc) is 2.24. The molecule has 0 unspecified atom stereocenters. The number of aryl methyl sites for hydroxylation is 1. The van der Waals surface area contributed by atoms with Crippen molar-refractivity contribution in [2.75, 3.05) is 13.2 Å². The SMILES string of the molecule is CCc1cccc(OCCNC(N)=S)c1. The van der Waals surface area contributed by atoms with Gasteiger partial charge in [0.25, 0.3) is 0 Å². The Hall–Kier alpha value is -1.29. The summed E-state index contributed by atoms with van der Waals surface area (Å²) < 4.78 is 5.52. The molecule has 0 saturated heterocycles. The molecule has 15 heavy (non-hydrogen) atoms. The molecule has 0 aliphatic carbocycles. The Morgan fingerprint density at radius 1 is 1.53 bits per heavy atom. The number of nitrogens with one attached hydrogen (secondary N) is 1. The summed E-state index contributed by atoms with van der Waals surface area (Å²) in [4.78, 5) is 0. The van der Waals surface area contributed by atoms with Crippen molar-refractivity contribution in [1.29, 1.82) is 0 Å². The van der Waals surface area contributed by atoms with Gasteiger partial charge in [-0.1, -0.05) is 19.1 Å². The number of rotatable bonds is 5. The summed E-state index contributed by atoms with van der Waals surface area (Å²) in [5, 5.41) is 3.13. The topological polar surface area (TPSA) is 47.3 Å². The third-order valence-corrected chi connectivity index (χ3v) is 2.12. The lowest BCUT2D eigenvalue weighted by atomic mass is 10.2. The predicted molar refractivity (Wildman–Crippen MR) is 66.1 cm³/mol. The van der Waals surface area contributed by atoms with Gasteiger partial charge in [0.2, 0.25) is 0 Å². The van der Waals surface area contributed by atoms with Crippen molar-refractivity contribution in [3.63, 3.8) is 0 Å². The molecular formula is C11H16N2OS. The van der Waals surface area contributed by atoms with Crippen LogP contribution in [0.3, 0.4) is 0 Å². The van der Waals surface area contributed by atoms with Gasteiger partial charge in [-0.2, -0.15) is 0 Å². The molecule has 0 amide bonds. The Morgan fingerprint density at radius 3 is 3.00 bits per heavy atom. The minimum atomic E-state index is 0.306. The number of hydrogen-bond donors (Lipinski definition) is 2. The predicted octanol–water partition coefficient (Wildman–Crippen LogP) is 1.46. The minimum absolute atomic E-state index is 0.306. The van der Waals surface area contributed by atoms with E-state index in [-0.39, 0.29) is 0 Å². The van der Waals surface area contributed by atoms with Gasteiger partial charge in [0.15, 0.2) is 5.11 Å². The lowest BCUT2D eigenvalue weighted by Crippen LogP contribution is -2.32. The summed E-state index contributed by atoms with van der Waals surface area (Å²) in [7, 11) is 0. The van der Waals surface area contributed by atoms with E-state index in [9.17, 15) is 0 Å². The highest BCUT2D eigenvalue weighted by Crippen LogP contribution is 2.13. The Morgan fingerprint density at radius 2 is 2.33 bits per heavy atom. The molecule has 3 N–H and O–H groups in total. The molecule has 0 fully saturated rings. The molecular weight excluding hydrogens is 208 g/mol. The Bertz CT molecular complexity index is 328. The minimum Gasteiger partial charge on any atom is -0.492 e. The number of nitrogens with two attached hydrogens (primary N) is 1. The maximum Gasteiger partial charge on any atom is 0.163 e. The zero-order valence-electron chi connectivity index (χ0n) is 8.82. The van der Waals surface area contributed by atoms with Crippen LogP contribution in [0, 0.1) is 0 Å². The Labute approximate surface area is 95.6 Å². The molecule has 0 radical (unpaired) electrons. The quantitative estimate of drug-likeness (QED) is 0.587. The fraction of sp³-hybridized carbons (Fsp3) is 0.364. The van der Waals surface area contributed by atoms with Gasteiger partial charge < -0.3 is 15.8 Å². The summed E-state index contributed by atoms with van der Waals surface area (Å²) in [6.07, 6.45) is 1.02. The number of ether oxygens (including phenoxy) is 1. The summed E-state index contributed by atoms with van der Waals surface area (Å²) in [5.41, 5.74) is 6.56. The van der Waals surface area contributed by atoms with E-state index in [1.807, 2.05) is 18.2 Å². The van der Waals surface area contributed by atoms with Crippen LogP contribution in [0.2, 0.25) is 0 Å². The van der Waals surface area contributed by atoms with Gasteiger partial charge >= 0.3 is 0 Å². The van der Waals surface area contributed by atoms with Crippen LogP contribution in [0.5, 0.6) is 5.75 Å². The van der Waals surface area contributed by atoms with E-state index in [2.05, 4.69) is 30.5 Å². The molecule has 0 spiro atoms. The van der Waals surface area contributed by atoms with Crippen molar-refractivity contribution in [2.24, 2.45) is 5.73 Å². The van der Waals surface area contributed by atoms with E-state index in [0.717, 1.165) is 12.2 Å². The normalized spacial score (nSPS) is 9.67. The lowest BCUT2D eigenvalue weighted by molar-refractivity contribution is 0.322. The van der Waals surface area contributed by atoms with Crippen LogP contribution in [-0.2, 0) is 6.42 Å². The third-order valence-electron chi connectivity index (χ3n) is 1.98. The standard InChI is InChI=1S/C11H16N2OS/c1-2-9-4-3-5-10(8-9)14-7-6-13-11(12)15/h3-5,8H,2,6-7H2,1H3,(H3,12,13,15). The van der Waals surface area contributed by atoms with Gasteiger partial charge in [-0.25, -0.2) is 0 Å². The lowest BCUT2D eigenvalue weighted by Gasteiger charge is -2.08. The van der Waals surface area contributed by atoms with Crippen molar-refractivity contribution < 1.29 is 4.74 Å². The molecule has 0 heterocycles. The first-order valence-electron chi connectivity index (χ1n) is 4.97. The summed E-state index contributed by atoms with van der Waals surface area (Å²) in [6.45, 7) is 3.31. The molecule has 4 heteroatoms. The maximum atomic E-state index is 5.52. The first kappa shape index (κ1) is 11.8. The average molecular weight is 224 g/mol. The van der Waals surface area contributed by atoms with Crippen LogP contribution in [0.15, 0.2) is 24.3 Å². The molecule has 0 bridgehead atoms. The summed E-state index contributed by atoms with van der Waals surface area (Å²) in [5.74, 6) is 0.888. The fourth-order valence-corrected chi connectivity index (χ4v) is 1.30. The van der Waals surface area contributed by atoms with Crippen LogP contribution >= 0.6 is 12.2 Å². The number of thiocarbonyl (C=S) groups is 1. The molecule has 0 saturated carbocycles. The van der Waals surface area contributed by atoms with Crippen LogP contribution in [0.4, 0.5) is 0 Å². The summed E-state index contributed by atoms with van der Waals surface area (Å²) >= 11 is 4.68. The number of hydrogen-bond acceptors (Lipinski definition) is 2. The van der Waals surface area contributed by atoms with Gasteiger partial charge in [-0.3, -0.25) is 0 Å². The smallest absolute Gasteiger partial charge is 0.163 e. The van der Waals surface area contributed by atoms with E-state index < -0.39 is 0 Å². The van der Waals surface area contributed by atoms with Crippen LogP contribution in [-0.4, -0.2) is 18.3 Å². The van der Waals surface area contributed by atoms with E-state index in [0.29, 0.717) is 18.3 Å². The van der Waals surface area contributed by atoms with Crippen molar-refractivity contribution in [1.82, 2.24) is 5.32 Å². The number of benzene rings is 1. The second-order valence-corrected chi connectivity index (χ2v) is 3.58. The van der Waals surface area contributed by atoms with Crippen molar-refractivity contribution in [3.05, 3.63) is 29.8 Å². The van der Waals surface area contributed by atoms with Crippen LogP contribution in [0.1, 0.15) is 12.5 Å². The second kappa shape index (κ2) is 6.24. The molecule has 1 aromatic carbocycles. The third kappa shape index (κ3) is 4.65. The van der Waals surface area contributed by atoms with Crippen molar-refractivity contribution in [3.8, 4) is 5.75 Å². The van der Waals surface area contributed by atoms with Crippen LogP contribution in [0.25, 0.3) is 0 Å². The molecule has 1 aromatic rings. The molecule has 3 nitrogen and oxygen atoms in total. The monoisotopic (exact) mass is 224 g/mol. The Balaban J connectivity index is 2.33. The van der Waals surface area contributed by atoms with E-state index in [4.69, 9.17) is 10.5 Å². The van der Waals surface area contributed by atoms with Gasteiger partial charge in [-0.05, 0) is 36.3 Å². The van der Waals surface area contributed by atoms with E-state index in [1.165, 1.54) is 5.56 Å². The van der Waals surface area contributed by atoms with Gasteiger partial charge in [0.05, 0.1) is 6.54 Å². The van der Waals surface area contributed by atoms with Gasteiger partial charge in [0.1, 0.15) is 12.4 Å². The molecule has 0 aliphatic rings. The molecule has 0 atom stereocenters. The largest absolute Gasteiger partial charge is 0.492 e. The summed E-state index contributed by atoms with van der Waals surface area (Å²) in [6, 6.07) is 8.07. The van der Waals surface area contributed by atoms with Gasteiger partial charge in [0, 0.05) is 0 Å². The highest BCUT2D eigenvalue weighted by atomic mass is 32.1. The highest BCUT2D eigenvalue weighted by Gasteiger charge is 1.95. The second-order valence-electron chi connectivity index (χ2n) is 3.14. The van der Waals surface area contributed by atoms with E-state index >= 15 is 0 Å². The first-order chi connectivity index (χ1) is 7.22. The van der Waals surface area contributed by atoms with Gasteiger partial charge in [-0.15, -0.1) is 0 Å².